The van der Waals surface area contributed by atoms with Crippen molar-refractivity contribution in [1.82, 2.24) is 15.2 Å². The van der Waals surface area contributed by atoms with E-state index in [2.05, 4.69) is 10.3 Å². The molecule has 29 heavy (non-hydrogen) atoms. The largest absolute Gasteiger partial charge is 0.348 e. The lowest BCUT2D eigenvalue weighted by Gasteiger charge is -2.13. The number of pyridine rings is 1. The van der Waals surface area contributed by atoms with Crippen LogP contribution in [0.25, 0.3) is 11.1 Å². The van der Waals surface area contributed by atoms with E-state index in [1.54, 1.807) is 33.2 Å². The second-order valence-electron chi connectivity index (χ2n) is 6.88. The van der Waals surface area contributed by atoms with E-state index in [1.165, 1.54) is 4.90 Å². The van der Waals surface area contributed by atoms with Crippen molar-refractivity contribution in [3.63, 3.8) is 0 Å². The smallest absolute Gasteiger partial charge is 0.271 e. The van der Waals surface area contributed by atoms with Gasteiger partial charge in [-0.05, 0) is 47.9 Å². The first kappa shape index (κ1) is 20.6. The zero-order valence-electron chi connectivity index (χ0n) is 16.6. The van der Waals surface area contributed by atoms with Crippen LogP contribution in [0.5, 0.6) is 0 Å². The number of aryl methyl sites for hydroxylation is 1. The van der Waals surface area contributed by atoms with Crippen LogP contribution < -0.4 is 5.32 Å². The summed E-state index contributed by atoms with van der Waals surface area (Å²) >= 11 is 5.99. The highest BCUT2D eigenvalue weighted by atomic mass is 35.5. The minimum absolute atomic E-state index is 0.197. The van der Waals surface area contributed by atoms with Crippen LogP contribution in [0, 0.1) is 6.92 Å². The maximum Gasteiger partial charge on any atom is 0.271 e. The van der Waals surface area contributed by atoms with Gasteiger partial charge >= 0.3 is 0 Å². The lowest BCUT2D eigenvalue weighted by molar-refractivity contribution is 0.0820. The minimum atomic E-state index is -0.232. The number of carbonyl (C=O) groups is 2. The number of hydrogen-bond acceptors (Lipinski definition) is 3. The molecule has 2 aromatic carbocycles. The van der Waals surface area contributed by atoms with Crippen LogP contribution in [0.1, 0.15) is 32.1 Å². The summed E-state index contributed by atoms with van der Waals surface area (Å²) in [5.74, 6) is -0.429. The predicted molar refractivity (Wildman–Crippen MR) is 115 cm³/mol. The van der Waals surface area contributed by atoms with Gasteiger partial charge in [0.05, 0.1) is 11.3 Å². The number of aromatic nitrogens is 1. The molecule has 0 spiro atoms. The Labute approximate surface area is 175 Å². The molecule has 2 amide bonds. The Morgan fingerprint density at radius 3 is 2.34 bits per heavy atom. The number of nitrogens with one attached hydrogen (secondary N) is 1. The molecule has 5 nitrogen and oxygen atoms in total. The molecule has 0 saturated carbocycles. The fraction of sp³-hybridized carbons (Fsp3) is 0.174. The molecular weight excluding hydrogens is 386 g/mol. The van der Waals surface area contributed by atoms with Crippen LogP contribution in [-0.2, 0) is 6.54 Å². The topological polar surface area (TPSA) is 62.3 Å². The van der Waals surface area contributed by atoms with Crippen molar-refractivity contribution < 1.29 is 9.59 Å². The first-order valence-electron chi connectivity index (χ1n) is 9.18. The third-order valence-corrected chi connectivity index (χ3v) is 4.82. The van der Waals surface area contributed by atoms with E-state index in [-0.39, 0.29) is 11.8 Å². The summed E-state index contributed by atoms with van der Waals surface area (Å²) < 4.78 is 0. The Morgan fingerprint density at radius 2 is 1.69 bits per heavy atom. The Balaban J connectivity index is 1.76. The number of hydrogen-bond donors (Lipinski definition) is 1. The Morgan fingerprint density at radius 1 is 1.00 bits per heavy atom. The first-order valence-corrected chi connectivity index (χ1v) is 9.56. The van der Waals surface area contributed by atoms with Gasteiger partial charge in [-0.25, -0.2) is 4.98 Å². The molecule has 0 aliphatic rings. The molecule has 3 rings (SSSR count). The van der Waals surface area contributed by atoms with Crippen molar-refractivity contribution in [2.24, 2.45) is 0 Å². The van der Waals surface area contributed by atoms with E-state index in [9.17, 15) is 9.59 Å². The van der Waals surface area contributed by atoms with Gasteiger partial charge < -0.3 is 10.2 Å². The first-order chi connectivity index (χ1) is 13.9. The van der Waals surface area contributed by atoms with E-state index in [0.717, 1.165) is 16.7 Å². The van der Waals surface area contributed by atoms with E-state index < -0.39 is 0 Å². The molecule has 6 heteroatoms. The second kappa shape index (κ2) is 8.88. The molecule has 0 unspecified atom stereocenters. The lowest BCUT2D eigenvalue weighted by Crippen LogP contribution is -2.26. The summed E-state index contributed by atoms with van der Waals surface area (Å²) in [6.07, 6.45) is 0. The monoisotopic (exact) mass is 407 g/mol. The number of halogens is 1. The van der Waals surface area contributed by atoms with Gasteiger partial charge in [-0.15, -0.1) is 0 Å². The highest BCUT2D eigenvalue weighted by molar-refractivity contribution is 6.30. The number of benzene rings is 2. The highest BCUT2D eigenvalue weighted by Crippen LogP contribution is 2.25. The molecule has 1 N–H and O–H groups in total. The Bertz CT molecular complexity index is 1050. The minimum Gasteiger partial charge on any atom is -0.348 e. The van der Waals surface area contributed by atoms with Gasteiger partial charge in [0.2, 0.25) is 0 Å². The normalized spacial score (nSPS) is 10.5. The Kier molecular flexibility index (Phi) is 6.29. The zero-order valence-corrected chi connectivity index (χ0v) is 17.3. The standard InChI is InChI=1S/C23H22ClN3O2/c1-15-19(12-13-21(26-15)23(29)27(2)3)22(28)25-14-17-6-4-5-7-20(17)16-8-10-18(24)11-9-16/h4-13H,14H2,1-3H3,(H,25,28). The molecule has 0 aliphatic carbocycles. The molecule has 0 fully saturated rings. The van der Waals surface area contributed by atoms with Gasteiger partial charge in [-0.3, -0.25) is 9.59 Å². The molecule has 1 heterocycles. The number of nitrogens with zero attached hydrogens (tertiary/aromatic N) is 2. The van der Waals surface area contributed by atoms with E-state index >= 15 is 0 Å². The molecule has 0 radical (unpaired) electrons. The molecule has 0 aliphatic heterocycles. The van der Waals surface area contributed by atoms with Crippen LogP contribution >= 0.6 is 11.6 Å². The van der Waals surface area contributed by atoms with Crippen molar-refractivity contribution in [3.8, 4) is 11.1 Å². The van der Waals surface area contributed by atoms with E-state index in [4.69, 9.17) is 11.6 Å². The molecule has 0 saturated heterocycles. The summed E-state index contributed by atoms with van der Waals surface area (Å²) in [7, 11) is 3.33. The average molecular weight is 408 g/mol. The third kappa shape index (κ3) is 4.81. The van der Waals surface area contributed by atoms with Crippen molar-refractivity contribution >= 4 is 23.4 Å². The molecule has 148 valence electrons. The van der Waals surface area contributed by atoms with Crippen LogP contribution in [0.2, 0.25) is 5.02 Å². The molecule has 0 bridgehead atoms. The van der Waals surface area contributed by atoms with Crippen molar-refractivity contribution in [3.05, 3.63) is 88.2 Å². The number of carbonyl (C=O) groups excluding carboxylic acids is 2. The average Bonchev–Trinajstić information content (AvgIpc) is 2.72. The molecule has 3 aromatic rings. The second-order valence-corrected chi connectivity index (χ2v) is 7.31. The van der Waals surface area contributed by atoms with Crippen LogP contribution in [0.15, 0.2) is 60.7 Å². The fourth-order valence-electron chi connectivity index (χ4n) is 3.01. The number of rotatable bonds is 5. The van der Waals surface area contributed by atoms with Crippen molar-refractivity contribution in [2.75, 3.05) is 14.1 Å². The van der Waals surface area contributed by atoms with Gasteiger partial charge in [0.25, 0.3) is 11.8 Å². The van der Waals surface area contributed by atoms with Crippen molar-refractivity contribution in [1.29, 1.82) is 0 Å². The summed E-state index contributed by atoms with van der Waals surface area (Å²) in [5, 5.41) is 3.63. The summed E-state index contributed by atoms with van der Waals surface area (Å²) in [5.41, 5.74) is 4.34. The molecule has 1 aromatic heterocycles. The van der Waals surface area contributed by atoms with Crippen LogP contribution in [0.4, 0.5) is 0 Å². The Hall–Kier alpha value is -3.18. The fourth-order valence-corrected chi connectivity index (χ4v) is 3.13. The zero-order chi connectivity index (χ0) is 21.0. The highest BCUT2D eigenvalue weighted by Gasteiger charge is 2.15. The van der Waals surface area contributed by atoms with E-state index in [1.807, 2.05) is 48.5 Å². The molecule has 0 atom stereocenters. The summed E-state index contributed by atoms with van der Waals surface area (Å²) in [4.78, 5) is 30.5. The van der Waals surface area contributed by atoms with Gasteiger partial charge in [-0.1, -0.05) is 48.0 Å². The van der Waals surface area contributed by atoms with Crippen LogP contribution in [0.3, 0.4) is 0 Å². The SMILES string of the molecule is Cc1nc(C(=O)N(C)C)ccc1C(=O)NCc1ccccc1-c1ccc(Cl)cc1. The van der Waals surface area contributed by atoms with Crippen LogP contribution in [-0.4, -0.2) is 35.8 Å². The van der Waals surface area contributed by atoms with Crippen molar-refractivity contribution in [2.45, 2.75) is 13.5 Å². The van der Waals surface area contributed by atoms with Gasteiger partial charge in [0.15, 0.2) is 0 Å². The third-order valence-electron chi connectivity index (χ3n) is 4.57. The predicted octanol–water partition coefficient (Wildman–Crippen LogP) is 4.34. The maximum absolute atomic E-state index is 12.7. The summed E-state index contributed by atoms with van der Waals surface area (Å²) in [6, 6.07) is 18.7. The molecular formula is C23H22ClN3O2. The van der Waals surface area contributed by atoms with E-state index in [0.29, 0.717) is 28.5 Å². The maximum atomic E-state index is 12.7. The lowest BCUT2D eigenvalue weighted by atomic mass is 9.99. The van der Waals surface area contributed by atoms with Gasteiger partial charge in [0.1, 0.15) is 5.69 Å². The van der Waals surface area contributed by atoms with Gasteiger partial charge in [0, 0.05) is 25.7 Å². The number of amides is 2. The quantitative estimate of drug-likeness (QED) is 0.684. The van der Waals surface area contributed by atoms with Gasteiger partial charge in [-0.2, -0.15) is 0 Å². The summed E-state index contributed by atoms with van der Waals surface area (Å²) in [6.45, 7) is 2.10.